The Balaban J connectivity index is 2.06. The average Bonchev–Trinajstić information content (AvgIpc) is 2.97. The highest BCUT2D eigenvalue weighted by molar-refractivity contribution is 6.33. The van der Waals surface area contributed by atoms with Crippen LogP contribution in [0.2, 0.25) is 10.0 Å². The number of fused-ring (bicyclic) bond motifs is 3. The van der Waals surface area contributed by atoms with E-state index in [1.807, 2.05) is 24.3 Å². The molecule has 27 heavy (non-hydrogen) atoms. The topological polar surface area (TPSA) is 48.0 Å². The molecule has 2 N–H and O–H groups in total. The number of hydrogen-bond acceptors (Lipinski definition) is 1. The van der Waals surface area contributed by atoms with Gasteiger partial charge in [-0.25, -0.2) is 0 Å². The largest absolute Gasteiger partial charge is 0.366 e. The minimum Gasteiger partial charge on any atom is -0.366 e. The Labute approximate surface area is 167 Å². The van der Waals surface area contributed by atoms with Crippen LogP contribution in [0.3, 0.4) is 0 Å². The van der Waals surface area contributed by atoms with Crippen molar-refractivity contribution in [3.05, 3.63) is 81.3 Å². The van der Waals surface area contributed by atoms with E-state index in [1.165, 1.54) is 5.56 Å². The van der Waals surface area contributed by atoms with Crippen LogP contribution in [0.15, 0.2) is 48.5 Å². The minimum absolute atomic E-state index is 0.451. The highest BCUT2D eigenvalue weighted by atomic mass is 35.5. The zero-order valence-electron chi connectivity index (χ0n) is 14.7. The Morgan fingerprint density at radius 3 is 2.70 bits per heavy atom. The first-order valence-corrected chi connectivity index (χ1v) is 9.44. The van der Waals surface area contributed by atoms with Gasteiger partial charge in [0.25, 0.3) is 0 Å². The maximum absolute atomic E-state index is 12.0. The number of carbonyl (C=O) groups excluding carboxylic acids is 1. The van der Waals surface area contributed by atoms with Crippen molar-refractivity contribution < 1.29 is 4.79 Å². The van der Waals surface area contributed by atoms with Crippen LogP contribution >= 0.6 is 23.2 Å². The number of rotatable bonds is 4. The lowest BCUT2D eigenvalue weighted by Crippen LogP contribution is -2.11. The molecule has 4 aromatic rings. The van der Waals surface area contributed by atoms with Gasteiger partial charge in [0.2, 0.25) is 5.91 Å². The van der Waals surface area contributed by atoms with Gasteiger partial charge in [0, 0.05) is 32.9 Å². The molecule has 0 atom stereocenters. The van der Waals surface area contributed by atoms with Crippen LogP contribution in [0.4, 0.5) is 0 Å². The molecule has 0 aliphatic carbocycles. The first kappa shape index (κ1) is 17.9. The number of aromatic nitrogens is 1. The van der Waals surface area contributed by atoms with Crippen LogP contribution in [0.25, 0.3) is 21.8 Å². The predicted molar refractivity (Wildman–Crippen MR) is 112 cm³/mol. The van der Waals surface area contributed by atoms with E-state index in [0.717, 1.165) is 33.8 Å². The quantitative estimate of drug-likeness (QED) is 0.479. The minimum atomic E-state index is -0.451. The highest BCUT2D eigenvalue weighted by Gasteiger charge is 2.17. The summed E-state index contributed by atoms with van der Waals surface area (Å²) in [5.41, 5.74) is 10.1. The Kier molecular flexibility index (Phi) is 4.58. The van der Waals surface area contributed by atoms with Gasteiger partial charge in [-0.05, 0) is 60.0 Å². The molecule has 135 valence electrons. The summed E-state index contributed by atoms with van der Waals surface area (Å²) in [4.78, 5) is 12.0. The van der Waals surface area contributed by atoms with Gasteiger partial charge in [0.15, 0.2) is 0 Å². The smallest absolute Gasteiger partial charge is 0.249 e. The molecule has 0 aliphatic rings. The Morgan fingerprint density at radius 1 is 1.15 bits per heavy atom. The number of carbonyl (C=O) groups is 1. The number of aryl methyl sites for hydroxylation is 1. The molecule has 0 saturated carbocycles. The van der Waals surface area contributed by atoms with Gasteiger partial charge in [-0.1, -0.05) is 42.3 Å². The third-order valence-corrected chi connectivity index (χ3v) is 5.47. The zero-order valence-corrected chi connectivity index (χ0v) is 16.2. The number of benzene rings is 3. The second kappa shape index (κ2) is 6.91. The second-order valence-electron chi connectivity index (χ2n) is 6.51. The maximum Gasteiger partial charge on any atom is 0.249 e. The number of amides is 1. The Bertz CT molecular complexity index is 1190. The summed E-state index contributed by atoms with van der Waals surface area (Å²) in [7, 11) is 0. The molecule has 1 aromatic heterocycles. The molecule has 5 heteroatoms. The van der Waals surface area contributed by atoms with Crippen molar-refractivity contribution in [2.24, 2.45) is 5.73 Å². The summed E-state index contributed by atoms with van der Waals surface area (Å²) >= 11 is 12.6. The van der Waals surface area contributed by atoms with E-state index in [-0.39, 0.29) is 0 Å². The van der Waals surface area contributed by atoms with Gasteiger partial charge in [-0.3, -0.25) is 4.79 Å². The fourth-order valence-electron chi connectivity index (χ4n) is 3.51. The van der Waals surface area contributed by atoms with E-state index in [2.05, 4.69) is 23.6 Å². The summed E-state index contributed by atoms with van der Waals surface area (Å²) in [5.74, 6) is -0.451. The van der Waals surface area contributed by atoms with E-state index in [9.17, 15) is 4.79 Å². The fourth-order valence-corrected chi connectivity index (χ4v) is 3.89. The van der Waals surface area contributed by atoms with E-state index in [0.29, 0.717) is 22.2 Å². The second-order valence-corrected chi connectivity index (χ2v) is 7.35. The van der Waals surface area contributed by atoms with Gasteiger partial charge in [0.05, 0.1) is 11.0 Å². The Hall–Kier alpha value is -2.49. The molecule has 3 nitrogen and oxygen atoms in total. The third-order valence-electron chi connectivity index (χ3n) is 4.86. The van der Waals surface area contributed by atoms with Gasteiger partial charge in [0.1, 0.15) is 0 Å². The monoisotopic (exact) mass is 395 g/mol. The van der Waals surface area contributed by atoms with Gasteiger partial charge in [-0.15, -0.1) is 0 Å². The summed E-state index contributed by atoms with van der Waals surface area (Å²) in [5, 5.41) is 2.99. The van der Waals surface area contributed by atoms with Gasteiger partial charge < -0.3 is 10.3 Å². The molecule has 0 fully saturated rings. The summed E-state index contributed by atoms with van der Waals surface area (Å²) in [6, 6.07) is 18.5. The van der Waals surface area contributed by atoms with Crippen molar-refractivity contribution in [3.8, 4) is 0 Å². The SMILES string of the molecule is CCc1c[c]c2c3c(C(N)=O)cccc3n(Cc3cc(Cl)ccc3Cl)c2c1. The van der Waals surface area contributed by atoms with Crippen molar-refractivity contribution in [3.63, 3.8) is 0 Å². The number of primary amides is 1. The maximum atomic E-state index is 12.0. The molecule has 4 rings (SSSR count). The lowest BCUT2D eigenvalue weighted by Gasteiger charge is -2.11. The average molecular weight is 396 g/mol. The van der Waals surface area contributed by atoms with Crippen LogP contribution in [0.5, 0.6) is 0 Å². The molecule has 1 heterocycles. The van der Waals surface area contributed by atoms with Gasteiger partial charge >= 0.3 is 0 Å². The van der Waals surface area contributed by atoms with Crippen molar-refractivity contribution in [2.75, 3.05) is 0 Å². The molecule has 1 amide bonds. The number of nitrogens with zero attached hydrogens (tertiary/aromatic N) is 1. The summed E-state index contributed by atoms with van der Waals surface area (Å²) in [6.45, 7) is 2.63. The molecule has 0 aliphatic heterocycles. The molecule has 0 saturated heterocycles. The molecular weight excluding hydrogens is 379 g/mol. The molecular formula is C22H17Cl2N2O. The lowest BCUT2D eigenvalue weighted by atomic mass is 10.0. The molecule has 0 spiro atoms. The van der Waals surface area contributed by atoms with Crippen molar-refractivity contribution in [1.82, 2.24) is 4.57 Å². The van der Waals surface area contributed by atoms with Crippen molar-refractivity contribution >= 4 is 50.9 Å². The lowest BCUT2D eigenvalue weighted by molar-refractivity contribution is 0.100. The normalized spacial score (nSPS) is 11.4. The van der Waals surface area contributed by atoms with E-state index < -0.39 is 5.91 Å². The number of halogens is 2. The first-order valence-electron chi connectivity index (χ1n) is 8.69. The number of hydrogen-bond donors (Lipinski definition) is 1. The van der Waals surface area contributed by atoms with Crippen LogP contribution < -0.4 is 5.73 Å². The van der Waals surface area contributed by atoms with Crippen molar-refractivity contribution in [1.29, 1.82) is 0 Å². The van der Waals surface area contributed by atoms with Gasteiger partial charge in [-0.2, -0.15) is 0 Å². The molecule has 0 unspecified atom stereocenters. The standard InChI is InChI=1S/C22H17Cl2N2O/c1-2-13-6-8-16-20(10-13)26(12-14-11-15(23)7-9-18(14)24)19-5-3-4-17(21(16)19)22(25)27/h3-7,9-11H,2,12H2,1H3,(H2,25,27). The van der Waals surface area contributed by atoms with Crippen molar-refractivity contribution in [2.45, 2.75) is 19.9 Å². The van der Waals surface area contributed by atoms with E-state index in [1.54, 1.807) is 18.2 Å². The third kappa shape index (κ3) is 3.07. The molecule has 1 radical (unpaired) electrons. The Morgan fingerprint density at radius 2 is 1.96 bits per heavy atom. The zero-order chi connectivity index (χ0) is 19.1. The molecule has 3 aromatic carbocycles. The van der Waals surface area contributed by atoms with Crippen LogP contribution in [0, 0.1) is 6.07 Å². The summed E-state index contributed by atoms with van der Waals surface area (Å²) < 4.78 is 2.14. The first-order chi connectivity index (χ1) is 13.0. The van der Waals surface area contributed by atoms with Crippen LogP contribution in [-0.2, 0) is 13.0 Å². The highest BCUT2D eigenvalue weighted by Crippen LogP contribution is 2.34. The number of nitrogens with two attached hydrogens (primary N) is 1. The summed E-state index contributed by atoms with van der Waals surface area (Å²) in [6.07, 6.45) is 0.897. The van der Waals surface area contributed by atoms with Crippen LogP contribution in [-0.4, -0.2) is 10.5 Å². The van der Waals surface area contributed by atoms with E-state index >= 15 is 0 Å². The fraction of sp³-hybridized carbons (Fsp3) is 0.136. The van der Waals surface area contributed by atoms with E-state index in [4.69, 9.17) is 28.9 Å². The molecule has 0 bridgehead atoms. The van der Waals surface area contributed by atoms with Crippen LogP contribution in [0.1, 0.15) is 28.4 Å². The predicted octanol–water partition coefficient (Wildman–Crippen LogP) is 5.61.